The summed E-state index contributed by atoms with van der Waals surface area (Å²) in [6.45, 7) is 2.71. The van der Waals surface area contributed by atoms with Crippen molar-refractivity contribution in [1.29, 1.82) is 0 Å². The van der Waals surface area contributed by atoms with Crippen LogP contribution in [0.15, 0.2) is 9.95 Å². The van der Waals surface area contributed by atoms with Crippen LogP contribution in [-0.2, 0) is 13.0 Å². The van der Waals surface area contributed by atoms with E-state index in [2.05, 4.69) is 4.98 Å². The lowest BCUT2D eigenvalue weighted by Gasteiger charge is -2.08. The number of fused-ring (bicyclic) bond motifs is 1. The molecule has 0 saturated carbocycles. The summed E-state index contributed by atoms with van der Waals surface area (Å²) in [6.07, 6.45) is 0.667. The molecule has 0 spiro atoms. The van der Waals surface area contributed by atoms with Gasteiger partial charge in [0.25, 0.3) is 5.56 Å². The fourth-order valence-corrected chi connectivity index (χ4v) is 2.50. The first-order chi connectivity index (χ1) is 6.77. The van der Waals surface area contributed by atoms with Crippen molar-refractivity contribution in [2.45, 2.75) is 25.0 Å². The van der Waals surface area contributed by atoms with Gasteiger partial charge in [-0.3, -0.25) is 9.36 Å². The third kappa shape index (κ3) is 1.32. The molecule has 2 rings (SSSR count). The molecule has 0 saturated heterocycles. The lowest BCUT2D eigenvalue weighted by Crippen LogP contribution is -2.24. The number of hydrogen-bond acceptors (Lipinski definition) is 4. The van der Waals surface area contributed by atoms with Crippen LogP contribution in [0.4, 0.5) is 0 Å². The quantitative estimate of drug-likeness (QED) is 0.684. The third-order valence-electron chi connectivity index (χ3n) is 2.28. The van der Waals surface area contributed by atoms with Crippen LogP contribution in [0.2, 0.25) is 0 Å². The highest BCUT2D eigenvalue weighted by Gasteiger charge is 2.19. The summed E-state index contributed by atoms with van der Waals surface area (Å²) in [4.78, 5) is 16.2. The summed E-state index contributed by atoms with van der Waals surface area (Å²) in [7, 11) is 1.55. The maximum Gasteiger partial charge on any atom is 0.261 e. The summed E-state index contributed by atoms with van der Waals surface area (Å²) in [5, 5.41) is 0.782. The van der Waals surface area contributed by atoms with Gasteiger partial charge in [0.2, 0.25) is 5.88 Å². The van der Waals surface area contributed by atoms with Crippen molar-refractivity contribution in [3.05, 3.63) is 15.9 Å². The molecular weight excluding hydrogens is 200 g/mol. The molecule has 5 heteroatoms. The normalized spacial score (nSPS) is 14.1. The topological polar surface area (TPSA) is 44.1 Å². The Morgan fingerprint density at radius 1 is 1.64 bits per heavy atom. The summed E-state index contributed by atoms with van der Waals surface area (Å²) in [6, 6.07) is 0. The number of hydrogen-bond donors (Lipinski definition) is 0. The molecule has 1 aliphatic rings. The van der Waals surface area contributed by atoms with Crippen molar-refractivity contribution in [2.24, 2.45) is 0 Å². The van der Waals surface area contributed by atoms with Gasteiger partial charge in [0.15, 0.2) is 5.16 Å². The standard InChI is InChI=1S/C9H12N2O2S/c1-3-6-7(13-2)10-9-11(8(6)12)4-5-14-9/h3-5H2,1-2H3. The minimum Gasteiger partial charge on any atom is -0.481 e. The average molecular weight is 212 g/mol. The van der Waals surface area contributed by atoms with Gasteiger partial charge in [0, 0.05) is 12.3 Å². The van der Waals surface area contributed by atoms with E-state index in [0.717, 1.165) is 17.5 Å². The molecule has 4 nitrogen and oxygen atoms in total. The molecule has 1 aromatic heterocycles. The second kappa shape index (κ2) is 3.65. The van der Waals surface area contributed by atoms with Crippen LogP contribution in [0.25, 0.3) is 0 Å². The van der Waals surface area contributed by atoms with Gasteiger partial charge >= 0.3 is 0 Å². The monoisotopic (exact) mass is 212 g/mol. The molecule has 0 aromatic carbocycles. The second-order valence-electron chi connectivity index (χ2n) is 3.04. The minimum absolute atomic E-state index is 0.0550. The van der Waals surface area contributed by atoms with E-state index >= 15 is 0 Å². The Bertz CT molecular complexity index is 414. The molecule has 0 atom stereocenters. The van der Waals surface area contributed by atoms with Crippen LogP contribution in [0.3, 0.4) is 0 Å². The molecular formula is C9H12N2O2S. The number of thioether (sulfide) groups is 1. The lowest BCUT2D eigenvalue weighted by atomic mass is 10.2. The van der Waals surface area contributed by atoms with Gasteiger partial charge in [-0.15, -0.1) is 0 Å². The summed E-state index contributed by atoms with van der Waals surface area (Å²) in [5.74, 6) is 1.41. The van der Waals surface area contributed by atoms with Gasteiger partial charge in [0.05, 0.1) is 12.7 Å². The lowest BCUT2D eigenvalue weighted by molar-refractivity contribution is 0.381. The van der Waals surface area contributed by atoms with Crippen molar-refractivity contribution in [3.63, 3.8) is 0 Å². The van der Waals surface area contributed by atoms with Gasteiger partial charge in [0.1, 0.15) is 0 Å². The Balaban J connectivity index is 2.66. The van der Waals surface area contributed by atoms with E-state index in [0.29, 0.717) is 17.9 Å². The molecule has 2 heterocycles. The molecule has 0 aliphatic carbocycles. The second-order valence-corrected chi connectivity index (χ2v) is 4.10. The molecule has 0 amide bonds. The Labute approximate surface area is 86.3 Å². The number of aromatic nitrogens is 2. The van der Waals surface area contributed by atoms with Gasteiger partial charge in [-0.05, 0) is 6.42 Å². The minimum atomic E-state index is 0.0550. The highest BCUT2D eigenvalue weighted by atomic mass is 32.2. The van der Waals surface area contributed by atoms with Crippen LogP contribution >= 0.6 is 11.8 Å². The van der Waals surface area contributed by atoms with Crippen molar-refractivity contribution in [2.75, 3.05) is 12.9 Å². The molecule has 0 bridgehead atoms. The zero-order valence-corrected chi connectivity index (χ0v) is 9.06. The van der Waals surface area contributed by atoms with Crippen molar-refractivity contribution < 1.29 is 4.74 Å². The predicted octanol–water partition coefficient (Wildman–Crippen LogP) is 0.920. The molecule has 76 valence electrons. The van der Waals surface area contributed by atoms with E-state index in [9.17, 15) is 4.79 Å². The molecule has 1 aliphatic heterocycles. The van der Waals surface area contributed by atoms with Crippen molar-refractivity contribution >= 4 is 11.8 Å². The van der Waals surface area contributed by atoms with E-state index < -0.39 is 0 Å². The van der Waals surface area contributed by atoms with Crippen LogP contribution in [-0.4, -0.2) is 22.4 Å². The highest BCUT2D eigenvalue weighted by molar-refractivity contribution is 7.99. The number of ether oxygens (including phenoxy) is 1. The van der Waals surface area contributed by atoms with E-state index in [-0.39, 0.29) is 5.56 Å². The van der Waals surface area contributed by atoms with Crippen LogP contribution in [0.1, 0.15) is 12.5 Å². The van der Waals surface area contributed by atoms with E-state index in [4.69, 9.17) is 4.74 Å². The maximum atomic E-state index is 11.9. The SMILES string of the molecule is CCc1c(OC)nc2n(c1=O)CCS2. The van der Waals surface area contributed by atoms with Gasteiger partial charge in [-0.2, -0.15) is 4.98 Å². The van der Waals surface area contributed by atoms with Crippen molar-refractivity contribution in [3.8, 4) is 5.88 Å². The fraction of sp³-hybridized carbons (Fsp3) is 0.556. The fourth-order valence-electron chi connectivity index (χ4n) is 1.56. The Hall–Kier alpha value is -0.970. The first kappa shape index (κ1) is 9.58. The van der Waals surface area contributed by atoms with Gasteiger partial charge in [-0.25, -0.2) is 0 Å². The summed E-state index contributed by atoms with van der Waals surface area (Å²) in [5.41, 5.74) is 0.734. The maximum absolute atomic E-state index is 11.9. The number of methoxy groups -OCH3 is 1. The number of nitrogens with zero attached hydrogens (tertiary/aromatic N) is 2. The van der Waals surface area contributed by atoms with Crippen LogP contribution in [0.5, 0.6) is 5.88 Å². The Kier molecular flexibility index (Phi) is 2.50. The largest absolute Gasteiger partial charge is 0.481 e. The zero-order chi connectivity index (χ0) is 10.1. The predicted molar refractivity (Wildman–Crippen MR) is 55.2 cm³/mol. The zero-order valence-electron chi connectivity index (χ0n) is 8.24. The average Bonchev–Trinajstić information content (AvgIpc) is 2.65. The first-order valence-electron chi connectivity index (χ1n) is 4.58. The Morgan fingerprint density at radius 3 is 3.07 bits per heavy atom. The smallest absolute Gasteiger partial charge is 0.261 e. The third-order valence-corrected chi connectivity index (χ3v) is 3.24. The molecule has 0 fully saturated rings. The van der Waals surface area contributed by atoms with E-state index in [1.807, 2.05) is 6.92 Å². The van der Waals surface area contributed by atoms with E-state index in [1.54, 1.807) is 23.4 Å². The van der Waals surface area contributed by atoms with Gasteiger partial charge in [-0.1, -0.05) is 18.7 Å². The summed E-state index contributed by atoms with van der Waals surface area (Å²) >= 11 is 1.60. The molecule has 1 aromatic rings. The van der Waals surface area contributed by atoms with Crippen molar-refractivity contribution in [1.82, 2.24) is 9.55 Å². The molecule has 0 unspecified atom stereocenters. The highest BCUT2D eigenvalue weighted by Crippen LogP contribution is 2.24. The molecule has 14 heavy (non-hydrogen) atoms. The molecule has 0 N–H and O–H groups in total. The Morgan fingerprint density at radius 2 is 2.43 bits per heavy atom. The molecule has 0 radical (unpaired) electrons. The first-order valence-corrected chi connectivity index (χ1v) is 5.57. The van der Waals surface area contributed by atoms with Gasteiger partial charge < -0.3 is 4.74 Å². The van der Waals surface area contributed by atoms with E-state index in [1.165, 1.54) is 0 Å². The summed E-state index contributed by atoms with van der Waals surface area (Å²) < 4.78 is 6.83. The van der Waals surface area contributed by atoms with Crippen LogP contribution < -0.4 is 10.3 Å². The van der Waals surface area contributed by atoms with Crippen LogP contribution in [0, 0.1) is 0 Å². The number of rotatable bonds is 2.